The molecule has 1 aliphatic rings. The molecule has 66 valence electrons. The summed E-state index contributed by atoms with van der Waals surface area (Å²) in [6.45, 7) is 4.70. The molecule has 0 radical (unpaired) electrons. The molecular formula is C10H20O. The van der Waals surface area contributed by atoms with Gasteiger partial charge in [0.2, 0.25) is 0 Å². The first-order chi connectivity index (χ1) is 5.20. The van der Waals surface area contributed by atoms with E-state index in [0.717, 1.165) is 0 Å². The Balaban J connectivity index is 2.35. The van der Waals surface area contributed by atoms with Gasteiger partial charge in [0.25, 0.3) is 0 Å². The van der Waals surface area contributed by atoms with Gasteiger partial charge in [-0.2, -0.15) is 0 Å². The monoisotopic (exact) mass is 156 g/mol. The molecule has 0 bridgehead atoms. The molecular weight excluding hydrogens is 136 g/mol. The van der Waals surface area contributed by atoms with Crippen LogP contribution >= 0.6 is 0 Å². The molecule has 1 nitrogen and oxygen atoms in total. The minimum Gasteiger partial charge on any atom is -0.381 e. The predicted molar refractivity (Wildman–Crippen MR) is 47.7 cm³/mol. The van der Waals surface area contributed by atoms with Crippen LogP contribution in [-0.4, -0.2) is 13.2 Å². The molecule has 0 unspecified atom stereocenters. The highest BCUT2D eigenvalue weighted by Crippen LogP contribution is 2.39. The highest BCUT2D eigenvalue weighted by molar-refractivity contribution is 4.81. The van der Waals surface area contributed by atoms with E-state index in [2.05, 4.69) is 13.8 Å². The Labute approximate surface area is 70.1 Å². The van der Waals surface area contributed by atoms with Crippen LogP contribution in [0, 0.1) is 5.41 Å². The fourth-order valence-corrected chi connectivity index (χ4v) is 1.88. The average Bonchev–Trinajstić information content (AvgIpc) is 2.06. The molecule has 0 aromatic rings. The molecule has 0 atom stereocenters. The van der Waals surface area contributed by atoms with Crippen LogP contribution in [0.4, 0.5) is 0 Å². The predicted octanol–water partition coefficient (Wildman–Crippen LogP) is 2.99. The van der Waals surface area contributed by atoms with Crippen molar-refractivity contribution in [2.75, 3.05) is 7.11 Å². The molecule has 11 heavy (non-hydrogen) atoms. The zero-order valence-electron chi connectivity index (χ0n) is 8.02. The summed E-state index contributed by atoms with van der Waals surface area (Å²) in [5.74, 6) is 0. The van der Waals surface area contributed by atoms with Crippen LogP contribution in [0.1, 0.15) is 46.0 Å². The lowest BCUT2D eigenvalue weighted by Gasteiger charge is -2.35. The van der Waals surface area contributed by atoms with E-state index in [1.54, 1.807) is 0 Å². The van der Waals surface area contributed by atoms with Crippen molar-refractivity contribution in [3.05, 3.63) is 0 Å². The Morgan fingerprint density at radius 2 is 1.91 bits per heavy atom. The molecule has 0 saturated heterocycles. The number of methoxy groups -OCH3 is 1. The van der Waals surface area contributed by atoms with Crippen LogP contribution in [0.15, 0.2) is 0 Å². The topological polar surface area (TPSA) is 9.23 Å². The van der Waals surface area contributed by atoms with Crippen molar-refractivity contribution in [1.82, 2.24) is 0 Å². The van der Waals surface area contributed by atoms with E-state index in [0.29, 0.717) is 11.5 Å². The van der Waals surface area contributed by atoms with Crippen molar-refractivity contribution in [2.24, 2.45) is 5.41 Å². The molecule has 0 amide bonds. The molecule has 1 rings (SSSR count). The highest BCUT2D eigenvalue weighted by atomic mass is 16.5. The fraction of sp³-hybridized carbons (Fsp3) is 1.00. The van der Waals surface area contributed by atoms with Gasteiger partial charge in [0.15, 0.2) is 0 Å². The smallest absolute Gasteiger partial charge is 0.0571 e. The maximum Gasteiger partial charge on any atom is 0.0571 e. The van der Waals surface area contributed by atoms with Crippen molar-refractivity contribution in [3.8, 4) is 0 Å². The summed E-state index contributed by atoms with van der Waals surface area (Å²) in [5, 5.41) is 0. The van der Waals surface area contributed by atoms with Gasteiger partial charge in [-0.05, 0) is 31.1 Å². The summed E-state index contributed by atoms with van der Waals surface area (Å²) in [6.07, 6.45) is 7.10. The van der Waals surface area contributed by atoms with Gasteiger partial charge in [-0.15, -0.1) is 0 Å². The first kappa shape index (κ1) is 9.05. The van der Waals surface area contributed by atoms with Gasteiger partial charge in [0.05, 0.1) is 6.10 Å². The summed E-state index contributed by atoms with van der Waals surface area (Å²) in [5.41, 5.74) is 0.620. The SMILES string of the molecule is CCC1(C)CCC(OC)CC1. The lowest BCUT2D eigenvalue weighted by Crippen LogP contribution is -2.27. The van der Waals surface area contributed by atoms with Gasteiger partial charge in [-0.3, -0.25) is 0 Å². The number of hydrogen-bond acceptors (Lipinski definition) is 1. The zero-order valence-corrected chi connectivity index (χ0v) is 8.02. The Morgan fingerprint density at radius 1 is 1.36 bits per heavy atom. The number of rotatable bonds is 2. The lowest BCUT2D eigenvalue weighted by atomic mass is 9.73. The largest absolute Gasteiger partial charge is 0.381 e. The van der Waals surface area contributed by atoms with E-state index in [1.807, 2.05) is 7.11 Å². The van der Waals surface area contributed by atoms with E-state index in [1.165, 1.54) is 32.1 Å². The summed E-state index contributed by atoms with van der Waals surface area (Å²) in [7, 11) is 1.83. The summed E-state index contributed by atoms with van der Waals surface area (Å²) >= 11 is 0. The van der Waals surface area contributed by atoms with Crippen molar-refractivity contribution in [3.63, 3.8) is 0 Å². The Bertz CT molecular complexity index is 112. The van der Waals surface area contributed by atoms with Crippen LogP contribution in [0.5, 0.6) is 0 Å². The standard InChI is InChI=1S/C10H20O/c1-4-10(2)7-5-9(11-3)6-8-10/h9H,4-8H2,1-3H3. The minimum absolute atomic E-state index is 0.551. The third-order valence-corrected chi connectivity index (χ3v) is 3.33. The molecule has 0 aromatic carbocycles. The number of hydrogen-bond donors (Lipinski definition) is 0. The summed E-state index contributed by atoms with van der Waals surface area (Å²) in [4.78, 5) is 0. The van der Waals surface area contributed by atoms with Crippen molar-refractivity contribution < 1.29 is 4.74 Å². The van der Waals surface area contributed by atoms with E-state index in [4.69, 9.17) is 4.74 Å². The molecule has 0 aromatic heterocycles. The third kappa shape index (κ3) is 2.19. The molecule has 1 heteroatoms. The molecule has 0 N–H and O–H groups in total. The van der Waals surface area contributed by atoms with Crippen LogP contribution < -0.4 is 0 Å². The van der Waals surface area contributed by atoms with Crippen LogP contribution in [0.3, 0.4) is 0 Å². The van der Waals surface area contributed by atoms with E-state index >= 15 is 0 Å². The van der Waals surface area contributed by atoms with Crippen LogP contribution in [0.2, 0.25) is 0 Å². The summed E-state index contributed by atoms with van der Waals surface area (Å²) < 4.78 is 5.33. The van der Waals surface area contributed by atoms with Crippen LogP contribution in [0.25, 0.3) is 0 Å². The highest BCUT2D eigenvalue weighted by Gasteiger charge is 2.28. The second-order valence-electron chi connectivity index (χ2n) is 4.10. The Morgan fingerprint density at radius 3 is 2.27 bits per heavy atom. The van der Waals surface area contributed by atoms with Gasteiger partial charge in [-0.25, -0.2) is 0 Å². The van der Waals surface area contributed by atoms with Crippen molar-refractivity contribution in [2.45, 2.75) is 52.1 Å². The fourth-order valence-electron chi connectivity index (χ4n) is 1.88. The first-order valence-corrected chi connectivity index (χ1v) is 4.73. The van der Waals surface area contributed by atoms with E-state index in [-0.39, 0.29) is 0 Å². The van der Waals surface area contributed by atoms with Crippen molar-refractivity contribution >= 4 is 0 Å². The summed E-state index contributed by atoms with van der Waals surface area (Å²) in [6, 6.07) is 0. The Hall–Kier alpha value is -0.0400. The minimum atomic E-state index is 0.551. The molecule has 1 aliphatic carbocycles. The quantitative estimate of drug-likeness (QED) is 0.597. The van der Waals surface area contributed by atoms with Crippen molar-refractivity contribution in [1.29, 1.82) is 0 Å². The second kappa shape index (κ2) is 3.57. The first-order valence-electron chi connectivity index (χ1n) is 4.73. The molecule has 0 heterocycles. The van der Waals surface area contributed by atoms with Gasteiger partial charge >= 0.3 is 0 Å². The van der Waals surface area contributed by atoms with E-state index < -0.39 is 0 Å². The maximum atomic E-state index is 5.33. The van der Waals surface area contributed by atoms with Gasteiger partial charge in [0.1, 0.15) is 0 Å². The lowest BCUT2D eigenvalue weighted by molar-refractivity contribution is 0.0313. The molecule has 0 spiro atoms. The molecule has 1 saturated carbocycles. The Kier molecular flexibility index (Phi) is 2.94. The molecule has 0 aliphatic heterocycles. The average molecular weight is 156 g/mol. The normalized spacial score (nSPS) is 39.0. The number of ether oxygens (including phenoxy) is 1. The molecule has 1 fully saturated rings. The maximum absolute atomic E-state index is 5.33. The third-order valence-electron chi connectivity index (χ3n) is 3.33. The second-order valence-corrected chi connectivity index (χ2v) is 4.10. The van der Waals surface area contributed by atoms with Gasteiger partial charge < -0.3 is 4.74 Å². The zero-order chi connectivity index (χ0) is 8.32. The van der Waals surface area contributed by atoms with Crippen LogP contribution in [-0.2, 0) is 4.74 Å². The van der Waals surface area contributed by atoms with Gasteiger partial charge in [-0.1, -0.05) is 20.3 Å². The van der Waals surface area contributed by atoms with E-state index in [9.17, 15) is 0 Å². The van der Waals surface area contributed by atoms with Gasteiger partial charge in [0, 0.05) is 7.11 Å².